The topological polar surface area (TPSA) is 80.5 Å². The van der Waals surface area contributed by atoms with Crippen LogP contribution in [0.25, 0.3) is 0 Å². The van der Waals surface area contributed by atoms with Gasteiger partial charge < -0.3 is 5.73 Å². The molecule has 0 aliphatic carbocycles. The minimum atomic E-state index is -3.42. The Morgan fingerprint density at radius 2 is 2.05 bits per heavy atom. The number of hydrogen-bond acceptors (Lipinski definition) is 4. The molecule has 106 valence electrons. The Balaban J connectivity index is 2.87. The van der Waals surface area contributed by atoms with Crippen LogP contribution in [-0.4, -0.2) is 38.0 Å². The second kappa shape index (κ2) is 6.40. The molecule has 5 nitrogen and oxygen atoms in total. The molecule has 0 saturated carbocycles. The van der Waals surface area contributed by atoms with Gasteiger partial charge in [0.05, 0.1) is 10.1 Å². The third-order valence-electron chi connectivity index (χ3n) is 2.58. The van der Waals surface area contributed by atoms with E-state index < -0.39 is 10.0 Å². The van der Waals surface area contributed by atoms with E-state index in [2.05, 4.69) is 0 Å². The van der Waals surface area contributed by atoms with Crippen molar-refractivity contribution in [2.75, 3.05) is 14.1 Å². The first-order valence-electron chi connectivity index (χ1n) is 5.67. The average Bonchev–Trinajstić information content (AvgIpc) is 2.35. The van der Waals surface area contributed by atoms with Gasteiger partial charge in [0, 0.05) is 19.8 Å². The fourth-order valence-corrected chi connectivity index (χ4v) is 3.07. The molecule has 0 aromatic heterocycles. The summed E-state index contributed by atoms with van der Waals surface area (Å²) < 4.78 is 25.1. The van der Waals surface area contributed by atoms with Crippen molar-refractivity contribution in [3.05, 3.63) is 29.8 Å². The van der Waals surface area contributed by atoms with Crippen molar-refractivity contribution in [3.63, 3.8) is 0 Å². The van der Waals surface area contributed by atoms with Crippen molar-refractivity contribution >= 4 is 27.7 Å². The standard InChI is InChI=1S/C12H18N2O3S2/c1-9(12(13)15)18-8-10-5-4-6-11(7-10)19(16,17)14(2)3/h4-7,9H,8H2,1-3H3,(H2,13,15)/t9-/m0/s1. The molecule has 0 aliphatic rings. The van der Waals surface area contributed by atoms with E-state index in [0.717, 1.165) is 5.56 Å². The zero-order valence-electron chi connectivity index (χ0n) is 11.2. The van der Waals surface area contributed by atoms with Gasteiger partial charge in [-0.1, -0.05) is 12.1 Å². The number of nitrogens with two attached hydrogens (primary N) is 1. The van der Waals surface area contributed by atoms with Crippen molar-refractivity contribution in [2.24, 2.45) is 5.73 Å². The van der Waals surface area contributed by atoms with Gasteiger partial charge in [-0.25, -0.2) is 12.7 Å². The number of nitrogens with zero attached hydrogens (tertiary/aromatic N) is 1. The molecule has 1 rings (SSSR count). The van der Waals surface area contributed by atoms with E-state index in [1.165, 1.54) is 30.2 Å². The number of benzene rings is 1. The molecule has 7 heteroatoms. The summed E-state index contributed by atoms with van der Waals surface area (Å²) in [5.41, 5.74) is 6.02. The number of rotatable bonds is 6. The lowest BCUT2D eigenvalue weighted by Gasteiger charge is -2.12. The van der Waals surface area contributed by atoms with Crippen LogP contribution >= 0.6 is 11.8 Å². The largest absolute Gasteiger partial charge is 0.369 e. The van der Waals surface area contributed by atoms with Crippen LogP contribution in [0.5, 0.6) is 0 Å². The Morgan fingerprint density at radius 1 is 1.42 bits per heavy atom. The maximum Gasteiger partial charge on any atom is 0.242 e. The molecule has 0 fully saturated rings. The highest BCUT2D eigenvalue weighted by Crippen LogP contribution is 2.21. The molecule has 0 bridgehead atoms. The van der Waals surface area contributed by atoms with Crippen molar-refractivity contribution < 1.29 is 13.2 Å². The van der Waals surface area contributed by atoms with Gasteiger partial charge >= 0.3 is 0 Å². The van der Waals surface area contributed by atoms with Crippen LogP contribution in [0.2, 0.25) is 0 Å². The Bertz CT molecular complexity index is 556. The van der Waals surface area contributed by atoms with E-state index in [1.54, 1.807) is 25.1 Å². The first kappa shape index (κ1) is 16.0. The summed E-state index contributed by atoms with van der Waals surface area (Å²) in [7, 11) is -0.438. The van der Waals surface area contributed by atoms with Gasteiger partial charge in [0.15, 0.2) is 0 Å². The predicted octanol–water partition coefficient (Wildman–Crippen LogP) is 1.04. The van der Waals surface area contributed by atoms with Crippen LogP contribution in [0.4, 0.5) is 0 Å². The second-order valence-corrected chi connectivity index (χ2v) is 7.77. The molecule has 0 radical (unpaired) electrons. The first-order valence-corrected chi connectivity index (χ1v) is 8.16. The molecule has 0 heterocycles. The Hall–Kier alpha value is -1.05. The second-order valence-electron chi connectivity index (χ2n) is 4.29. The molecule has 0 saturated heterocycles. The molecule has 1 amide bonds. The number of amides is 1. The third kappa shape index (κ3) is 4.22. The van der Waals surface area contributed by atoms with Gasteiger partial charge in [-0.05, 0) is 24.6 Å². The van der Waals surface area contributed by atoms with E-state index in [9.17, 15) is 13.2 Å². The highest BCUT2D eigenvalue weighted by Gasteiger charge is 2.17. The third-order valence-corrected chi connectivity index (χ3v) is 5.62. The van der Waals surface area contributed by atoms with Gasteiger partial charge in [-0.15, -0.1) is 11.8 Å². The molecular weight excluding hydrogens is 284 g/mol. The zero-order chi connectivity index (χ0) is 14.6. The normalized spacial score (nSPS) is 13.5. The Morgan fingerprint density at radius 3 is 2.58 bits per heavy atom. The lowest BCUT2D eigenvalue weighted by atomic mass is 10.2. The molecule has 0 spiro atoms. The average molecular weight is 302 g/mol. The number of thioether (sulfide) groups is 1. The van der Waals surface area contributed by atoms with Gasteiger partial charge in [-0.3, -0.25) is 4.79 Å². The fraction of sp³-hybridized carbons (Fsp3) is 0.417. The minimum Gasteiger partial charge on any atom is -0.369 e. The van der Waals surface area contributed by atoms with E-state index in [4.69, 9.17) is 5.73 Å². The Kier molecular flexibility index (Phi) is 5.39. The molecule has 1 aromatic carbocycles. The van der Waals surface area contributed by atoms with E-state index in [1.807, 2.05) is 6.07 Å². The summed E-state index contributed by atoms with van der Waals surface area (Å²) >= 11 is 1.38. The van der Waals surface area contributed by atoms with Crippen LogP contribution in [-0.2, 0) is 20.6 Å². The summed E-state index contributed by atoms with van der Waals surface area (Å²) in [6.45, 7) is 1.73. The fourth-order valence-electron chi connectivity index (χ4n) is 1.31. The SMILES string of the molecule is C[C@H](SCc1cccc(S(=O)(=O)N(C)C)c1)C(N)=O. The van der Waals surface area contributed by atoms with Crippen LogP contribution in [0.1, 0.15) is 12.5 Å². The predicted molar refractivity (Wildman–Crippen MR) is 77.3 cm³/mol. The lowest BCUT2D eigenvalue weighted by molar-refractivity contribution is -0.117. The minimum absolute atomic E-state index is 0.252. The number of carbonyl (C=O) groups is 1. The maximum atomic E-state index is 12.0. The summed E-state index contributed by atoms with van der Waals surface area (Å²) in [6.07, 6.45) is 0. The Labute approximate surface area is 118 Å². The molecular formula is C12H18N2O3S2. The van der Waals surface area contributed by atoms with Crippen LogP contribution in [0, 0.1) is 0 Å². The monoisotopic (exact) mass is 302 g/mol. The molecule has 19 heavy (non-hydrogen) atoms. The number of carbonyl (C=O) groups excluding carboxylic acids is 1. The summed E-state index contributed by atoms with van der Waals surface area (Å²) in [4.78, 5) is 11.2. The highest BCUT2D eigenvalue weighted by atomic mass is 32.2. The molecule has 2 N–H and O–H groups in total. The number of sulfonamides is 1. The highest BCUT2D eigenvalue weighted by molar-refractivity contribution is 7.99. The zero-order valence-corrected chi connectivity index (χ0v) is 12.8. The van der Waals surface area contributed by atoms with Crippen molar-refractivity contribution in [1.82, 2.24) is 4.31 Å². The van der Waals surface area contributed by atoms with Gasteiger partial charge in [0.2, 0.25) is 15.9 Å². The summed E-state index contributed by atoms with van der Waals surface area (Å²) in [5.74, 6) is 0.169. The smallest absolute Gasteiger partial charge is 0.242 e. The maximum absolute atomic E-state index is 12.0. The van der Waals surface area contributed by atoms with Gasteiger partial charge in [0.1, 0.15) is 0 Å². The van der Waals surface area contributed by atoms with Crippen LogP contribution in [0.15, 0.2) is 29.2 Å². The van der Waals surface area contributed by atoms with Crippen LogP contribution < -0.4 is 5.73 Å². The molecule has 0 aliphatic heterocycles. The van der Waals surface area contributed by atoms with Gasteiger partial charge in [0.25, 0.3) is 0 Å². The molecule has 1 atom stereocenters. The van der Waals surface area contributed by atoms with E-state index in [0.29, 0.717) is 5.75 Å². The number of hydrogen-bond donors (Lipinski definition) is 1. The lowest BCUT2D eigenvalue weighted by Crippen LogP contribution is -2.23. The van der Waals surface area contributed by atoms with Crippen molar-refractivity contribution in [1.29, 1.82) is 0 Å². The first-order chi connectivity index (χ1) is 8.75. The number of primary amides is 1. The van der Waals surface area contributed by atoms with E-state index in [-0.39, 0.29) is 16.1 Å². The quantitative estimate of drug-likeness (QED) is 0.851. The van der Waals surface area contributed by atoms with E-state index >= 15 is 0 Å². The van der Waals surface area contributed by atoms with Gasteiger partial charge in [-0.2, -0.15) is 0 Å². The molecule has 1 aromatic rings. The summed E-state index contributed by atoms with van der Waals surface area (Å²) in [6, 6.07) is 6.70. The molecule has 0 unspecified atom stereocenters. The van der Waals surface area contributed by atoms with Crippen LogP contribution in [0.3, 0.4) is 0 Å². The summed E-state index contributed by atoms with van der Waals surface area (Å²) in [5, 5.41) is -0.297. The van der Waals surface area contributed by atoms with Crippen molar-refractivity contribution in [3.8, 4) is 0 Å². The van der Waals surface area contributed by atoms with Crippen molar-refractivity contribution in [2.45, 2.75) is 22.8 Å².